The van der Waals surface area contributed by atoms with Crippen LogP contribution in [0.5, 0.6) is 0 Å². The van der Waals surface area contributed by atoms with Crippen molar-refractivity contribution in [1.82, 2.24) is 4.98 Å². The van der Waals surface area contributed by atoms with E-state index < -0.39 is 0 Å². The van der Waals surface area contributed by atoms with Gasteiger partial charge in [0.1, 0.15) is 5.82 Å². The van der Waals surface area contributed by atoms with E-state index >= 15 is 0 Å². The average molecular weight is 232 g/mol. The molecule has 1 atom stereocenters. The molecule has 3 heteroatoms. The van der Waals surface area contributed by atoms with Crippen molar-refractivity contribution in [3.05, 3.63) is 36.3 Å². The minimum atomic E-state index is -0.247. The van der Waals surface area contributed by atoms with Crippen LogP contribution in [0.4, 0.5) is 10.1 Å². The summed E-state index contributed by atoms with van der Waals surface area (Å²) in [5.41, 5.74) is 1.72. The van der Waals surface area contributed by atoms with Crippen LogP contribution in [0.25, 0.3) is 10.9 Å². The molecule has 0 fully saturated rings. The first-order chi connectivity index (χ1) is 8.20. The van der Waals surface area contributed by atoms with Crippen LogP contribution in [0.2, 0.25) is 0 Å². The maximum absolute atomic E-state index is 13.1. The van der Waals surface area contributed by atoms with Gasteiger partial charge in [-0.1, -0.05) is 13.3 Å². The molecule has 2 aromatic rings. The second-order valence-corrected chi connectivity index (χ2v) is 4.35. The van der Waals surface area contributed by atoms with Gasteiger partial charge in [-0.2, -0.15) is 0 Å². The number of pyridine rings is 1. The number of hydrogen-bond donors (Lipinski definition) is 1. The average Bonchev–Trinajstić information content (AvgIpc) is 2.29. The number of rotatable bonds is 4. The number of aromatic nitrogens is 1. The van der Waals surface area contributed by atoms with E-state index in [2.05, 4.69) is 24.1 Å². The Kier molecular flexibility index (Phi) is 3.57. The molecule has 2 rings (SSSR count). The first-order valence-electron chi connectivity index (χ1n) is 6.01. The van der Waals surface area contributed by atoms with Gasteiger partial charge in [-0.3, -0.25) is 4.98 Å². The number of halogens is 1. The topological polar surface area (TPSA) is 24.9 Å². The van der Waals surface area contributed by atoms with Gasteiger partial charge in [-0.05, 0) is 31.5 Å². The van der Waals surface area contributed by atoms with Gasteiger partial charge in [0.15, 0.2) is 0 Å². The zero-order valence-electron chi connectivity index (χ0n) is 10.2. The highest BCUT2D eigenvalue weighted by Gasteiger charge is 2.05. The minimum absolute atomic E-state index is 0.247. The summed E-state index contributed by atoms with van der Waals surface area (Å²) < 4.78 is 13.1. The Bertz CT molecular complexity index is 511. The van der Waals surface area contributed by atoms with Crippen LogP contribution in [-0.4, -0.2) is 11.0 Å². The molecule has 1 aromatic carbocycles. The molecule has 0 bridgehead atoms. The standard InChI is InChI=1S/C14H17FN2/c1-3-4-10(2)17-13-7-8-16-14-9-11(15)5-6-12(13)14/h5-10H,3-4H2,1-2H3,(H,16,17). The number of fused-ring (bicyclic) bond motifs is 1. The summed E-state index contributed by atoms with van der Waals surface area (Å²) in [5, 5.41) is 4.41. The molecule has 1 heterocycles. The molecule has 0 saturated heterocycles. The van der Waals surface area contributed by atoms with Crippen LogP contribution in [0.1, 0.15) is 26.7 Å². The summed E-state index contributed by atoms with van der Waals surface area (Å²) in [6.07, 6.45) is 3.97. The summed E-state index contributed by atoms with van der Waals surface area (Å²) in [7, 11) is 0. The van der Waals surface area contributed by atoms with Crippen molar-refractivity contribution in [3.8, 4) is 0 Å². The maximum atomic E-state index is 13.1. The third-order valence-electron chi connectivity index (χ3n) is 2.83. The second-order valence-electron chi connectivity index (χ2n) is 4.35. The predicted molar refractivity (Wildman–Crippen MR) is 69.7 cm³/mol. The molecule has 2 nitrogen and oxygen atoms in total. The summed E-state index contributed by atoms with van der Waals surface area (Å²) in [4.78, 5) is 4.18. The third kappa shape index (κ3) is 2.73. The molecule has 0 aliphatic heterocycles. The van der Waals surface area contributed by atoms with Crippen molar-refractivity contribution in [2.75, 3.05) is 5.32 Å². The van der Waals surface area contributed by atoms with E-state index in [0.717, 1.165) is 23.9 Å². The molecular weight excluding hydrogens is 215 g/mol. The number of benzene rings is 1. The largest absolute Gasteiger partial charge is 0.382 e. The fourth-order valence-corrected chi connectivity index (χ4v) is 2.02. The fourth-order valence-electron chi connectivity index (χ4n) is 2.02. The molecule has 90 valence electrons. The Balaban J connectivity index is 2.34. The normalized spacial score (nSPS) is 12.6. The Labute approximate surface area is 101 Å². The van der Waals surface area contributed by atoms with Gasteiger partial charge < -0.3 is 5.32 Å². The molecule has 0 radical (unpaired) electrons. The zero-order valence-corrected chi connectivity index (χ0v) is 10.2. The summed E-state index contributed by atoms with van der Waals surface area (Å²) in [6.45, 7) is 4.32. The van der Waals surface area contributed by atoms with E-state index in [1.807, 2.05) is 6.07 Å². The van der Waals surface area contributed by atoms with Crippen LogP contribution in [0.15, 0.2) is 30.5 Å². The van der Waals surface area contributed by atoms with E-state index in [1.165, 1.54) is 12.1 Å². The number of hydrogen-bond acceptors (Lipinski definition) is 2. The van der Waals surface area contributed by atoms with Gasteiger partial charge in [0.05, 0.1) is 5.52 Å². The molecule has 0 saturated carbocycles. The molecule has 1 unspecified atom stereocenters. The van der Waals surface area contributed by atoms with E-state index in [-0.39, 0.29) is 5.82 Å². The van der Waals surface area contributed by atoms with Crippen molar-refractivity contribution >= 4 is 16.6 Å². The minimum Gasteiger partial charge on any atom is -0.382 e. The number of nitrogens with zero attached hydrogens (tertiary/aromatic N) is 1. The molecule has 1 N–H and O–H groups in total. The van der Waals surface area contributed by atoms with Crippen LogP contribution in [-0.2, 0) is 0 Å². The monoisotopic (exact) mass is 232 g/mol. The molecule has 0 aliphatic carbocycles. The smallest absolute Gasteiger partial charge is 0.125 e. The van der Waals surface area contributed by atoms with Gasteiger partial charge in [0.2, 0.25) is 0 Å². The third-order valence-corrected chi connectivity index (χ3v) is 2.83. The second kappa shape index (κ2) is 5.13. The van der Waals surface area contributed by atoms with Crippen LogP contribution >= 0.6 is 0 Å². The van der Waals surface area contributed by atoms with Gasteiger partial charge in [0.25, 0.3) is 0 Å². The molecule has 0 aliphatic rings. The lowest BCUT2D eigenvalue weighted by Gasteiger charge is -2.15. The number of nitrogens with one attached hydrogen (secondary N) is 1. The quantitative estimate of drug-likeness (QED) is 0.862. The van der Waals surface area contributed by atoms with Crippen LogP contribution in [0.3, 0.4) is 0 Å². The van der Waals surface area contributed by atoms with Crippen molar-refractivity contribution in [2.45, 2.75) is 32.7 Å². The summed E-state index contributed by atoms with van der Waals surface area (Å²) in [5.74, 6) is -0.247. The lowest BCUT2D eigenvalue weighted by molar-refractivity contribution is 0.629. The highest BCUT2D eigenvalue weighted by Crippen LogP contribution is 2.23. The Morgan fingerprint density at radius 2 is 2.18 bits per heavy atom. The predicted octanol–water partition coefficient (Wildman–Crippen LogP) is 3.97. The van der Waals surface area contributed by atoms with Gasteiger partial charge in [-0.15, -0.1) is 0 Å². The van der Waals surface area contributed by atoms with Crippen molar-refractivity contribution in [1.29, 1.82) is 0 Å². The molecule has 0 spiro atoms. The molecule has 0 amide bonds. The van der Waals surface area contributed by atoms with Crippen molar-refractivity contribution in [3.63, 3.8) is 0 Å². The maximum Gasteiger partial charge on any atom is 0.125 e. The molecular formula is C14H17FN2. The van der Waals surface area contributed by atoms with Crippen LogP contribution in [0, 0.1) is 5.82 Å². The van der Waals surface area contributed by atoms with Crippen molar-refractivity contribution in [2.24, 2.45) is 0 Å². The molecule has 1 aromatic heterocycles. The van der Waals surface area contributed by atoms with E-state index in [1.54, 1.807) is 12.3 Å². The Hall–Kier alpha value is -1.64. The van der Waals surface area contributed by atoms with Crippen LogP contribution < -0.4 is 5.32 Å². The fraction of sp³-hybridized carbons (Fsp3) is 0.357. The lowest BCUT2D eigenvalue weighted by Crippen LogP contribution is -2.14. The number of anilines is 1. The highest BCUT2D eigenvalue weighted by atomic mass is 19.1. The van der Waals surface area contributed by atoms with E-state index in [0.29, 0.717) is 11.6 Å². The summed E-state index contributed by atoms with van der Waals surface area (Å²) >= 11 is 0. The first-order valence-corrected chi connectivity index (χ1v) is 6.01. The Morgan fingerprint density at radius 1 is 1.35 bits per heavy atom. The Morgan fingerprint density at radius 3 is 2.94 bits per heavy atom. The van der Waals surface area contributed by atoms with Crippen molar-refractivity contribution < 1.29 is 4.39 Å². The van der Waals surface area contributed by atoms with Gasteiger partial charge >= 0.3 is 0 Å². The highest BCUT2D eigenvalue weighted by molar-refractivity contribution is 5.91. The van der Waals surface area contributed by atoms with E-state index in [4.69, 9.17) is 0 Å². The summed E-state index contributed by atoms with van der Waals surface area (Å²) in [6, 6.07) is 7.06. The lowest BCUT2D eigenvalue weighted by atomic mass is 10.1. The van der Waals surface area contributed by atoms with Gasteiger partial charge in [0, 0.05) is 29.4 Å². The zero-order chi connectivity index (χ0) is 12.3. The van der Waals surface area contributed by atoms with E-state index in [9.17, 15) is 4.39 Å². The van der Waals surface area contributed by atoms with Gasteiger partial charge in [-0.25, -0.2) is 4.39 Å². The first kappa shape index (κ1) is 11.8. The SMILES string of the molecule is CCCC(C)Nc1ccnc2cc(F)ccc12. The molecule has 17 heavy (non-hydrogen) atoms.